The summed E-state index contributed by atoms with van der Waals surface area (Å²) in [6, 6.07) is 7.21. The monoisotopic (exact) mass is 296 g/mol. The van der Waals surface area contributed by atoms with Gasteiger partial charge in [-0.3, -0.25) is 0 Å². The van der Waals surface area contributed by atoms with E-state index in [2.05, 4.69) is 23.9 Å². The molecule has 0 saturated carbocycles. The van der Waals surface area contributed by atoms with Crippen LogP contribution in [0.5, 0.6) is 0 Å². The predicted octanol–water partition coefficient (Wildman–Crippen LogP) is 2.09. The number of nitrogens with one attached hydrogen (secondary N) is 2. The fourth-order valence-corrected chi connectivity index (χ4v) is 3.62. The van der Waals surface area contributed by atoms with E-state index < -0.39 is 10.0 Å². The molecule has 2 N–H and O–H groups in total. The molecule has 0 radical (unpaired) electrons. The highest BCUT2D eigenvalue weighted by Gasteiger charge is 2.19. The van der Waals surface area contributed by atoms with E-state index in [0.717, 1.165) is 31.5 Å². The molecule has 0 bridgehead atoms. The Labute approximate surface area is 122 Å². The van der Waals surface area contributed by atoms with Crippen molar-refractivity contribution in [1.29, 1.82) is 0 Å². The van der Waals surface area contributed by atoms with Crippen molar-refractivity contribution in [2.24, 2.45) is 5.92 Å². The van der Waals surface area contributed by atoms with Crippen molar-refractivity contribution >= 4 is 10.0 Å². The molecule has 0 spiro atoms. The summed E-state index contributed by atoms with van der Waals surface area (Å²) in [7, 11) is -3.39. The van der Waals surface area contributed by atoms with E-state index in [1.54, 1.807) is 12.1 Å². The number of piperidine rings is 1. The number of rotatable bonds is 5. The fraction of sp³-hybridized carbons (Fsp3) is 0.600. The maximum absolute atomic E-state index is 12.3. The van der Waals surface area contributed by atoms with Gasteiger partial charge in [0.1, 0.15) is 0 Å². The third-order valence-corrected chi connectivity index (χ3v) is 5.22. The van der Waals surface area contributed by atoms with Gasteiger partial charge in [-0.1, -0.05) is 26.0 Å². The zero-order chi connectivity index (χ0) is 14.6. The van der Waals surface area contributed by atoms with Gasteiger partial charge in [0.2, 0.25) is 10.0 Å². The fourth-order valence-electron chi connectivity index (χ4n) is 2.45. The molecule has 112 valence electrons. The molecule has 0 aromatic heterocycles. The Bertz CT molecular complexity index is 535. The van der Waals surface area contributed by atoms with Gasteiger partial charge < -0.3 is 5.32 Å². The molecule has 2 rings (SSSR count). The molecule has 1 atom stereocenters. The molecule has 4 nitrogen and oxygen atoms in total. The number of hydrogen-bond acceptors (Lipinski definition) is 3. The molecule has 1 fully saturated rings. The highest BCUT2D eigenvalue weighted by Crippen LogP contribution is 2.19. The molecule has 1 heterocycles. The smallest absolute Gasteiger partial charge is 0.240 e. The molecule has 1 aromatic rings. The van der Waals surface area contributed by atoms with Crippen LogP contribution in [-0.2, 0) is 10.0 Å². The third-order valence-electron chi connectivity index (χ3n) is 3.80. The first kappa shape index (κ1) is 15.5. The van der Waals surface area contributed by atoms with Gasteiger partial charge in [-0.2, -0.15) is 0 Å². The van der Waals surface area contributed by atoms with Crippen molar-refractivity contribution in [3.05, 3.63) is 29.8 Å². The Balaban J connectivity index is 2.03. The quantitative estimate of drug-likeness (QED) is 0.875. The molecule has 1 aliphatic rings. The van der Waals surface area contributed by atoms with Crippen LogP contribution in [0.15, 0.2) is 29.2 Å². The second-order valence-electron chi connectivity index (χ2n) is 5.79. The molecular weight excluding hydrogens is 272 g/mol. The van der Waals surface area contributed by atoms with Crippen molar-refractivity contribution < 1.29 is 8.42 Å². The maximum atomic E-state index is 12.3. The minimum Gasteiger partial charge on any atom is -0.316 e. The lowest BCUT2D eigenvalue weighted by Crippen LogP contribution is -2.38. The van der Waals surface area contributed by atoms with Crippen LogP contribution in [0.3, 0.4) is 0 Å². The molecule has 1 unspecified atom stereocenters. The van der Waals surface area contributed by atoms with E-state index in [1.807, 2.05) is 12.1 Å². The van der Waals surface area contributed by atoms with E-state index in [9.17, 15) is 8.42 Å². The Morgan fingerprint density at radius 2 is 2.20 bits per heavy atom. The van der Waals surface area contributed by atoms with E-state index in [0.29, 0.717) is 23.3 Å². The van der Waals surface area contributed by atoms with Crippen LogP contribution in [0.1, 0.15) is 38.2 Å². The molecule has 0 aliphatic carbocycles. The molecule has 1 saturated heterocycles. The summed E-state index contributed by atoms with van der Waals surface area (Å²) >= 11 is 0. The summed E-state index contributed by atoms with van der Waals surface area (Å²) in [5.41, 5.74) is 1.05. The van der Waals surface area contributed by atoms with Crippen LogP contribution < -0.4 is 10.0 Å². The standard InChI is InChI=1S/C15H24N2O2S/c1-12(2)14-6-3-7-15(9-14)20(18,19)17-11-13-5-4-8-16-10-13/h3,6-7,9,12-13,16-17H,4-5,8,10-11H2,1-2H3. The second kappa shape index (κ2) is 6.70. The van der Waals surface area contributed by atoms with Gasteiger partial charge in [0.25, 0.3) is 0 Å². The lowest BCUT2D eigenvalue weighted by atomic mass is 10.0. The summed E-state index contributed by atoms with van der Waals surface area (Å²) in [5.74, 6) is 0.722. The molecule has 5 heteroatoms. The highest BCUT2D eigenvalue weighted by atomic mass is 32.2. The van der Waals surface area contributed by atoms with Crippen molar-refractivity contribution in [3.63, 3.8) is 0 Å². The number of benzene rings is 1. The van der Waals surface area contributed by atoms with Crippen LogP contribution in [0.2, 0.25) is 0 Å². The first-order valence-corrected chi connectivity index (χ1v) is 8.77. The van der Waals surface area contributed by atoms with Crippen LogP contribution in [0, 0.1) is 5.92 Å². The minimum atomic E-state index is -3.39. The van der Waals surface area contributed by atoms with Gasteiger partial charge in [-0.15, -0.1) is 0 Å². The zero-order valence-electron chi connectivity index (χ0n) is 12.2. The Morgan fingerprint density at radius 1 is 1.40 bits per heavy atom. The Morgan fingerprint density at radius 3 is 2.85 bits per heavy atom. The van der Waals surface area contributed by atoms with Crippen molar-refractivity contribution in [2.45, 2.75) is 37.5 Å². The van der Waals surface area contributed by atoms with E-state index in [1.165, 1.54) is 0 Å². The topological polar surface area (TPSA) is 58.2 Å². The summed E-state index contributed by atoms with van der Waals surface area (Å²) in [6.45, 7) is 6.58. The number of sulfonamides is 1. The minimum absolute atomic E-state index is 0.327. The van der Waals surface area contributed by atoms with Crippen molar-refractivity contribution in [1.82, 2.24) is 10.0 Å². The molecule has 20 heavy (non-hydrogen) atoms. The molecule has 1 aromatic carbocycles. The SMILES string of the molecule is CC(C)c1cccc(S(=O)(=O)NCC2CCCNC2)c1. The number of hydrogen-bond donors (Lipinski definition) is 2. The van der Waals surface area contributed by atoms with Crippen LogP contribution in [-0.4, -0.2) is 28.1 Å². The van der Waals surface area contributed by atoms with Gasteiger partial charge in [-0.25, -0.2) is 13.1 Å². The summed E-state index contributed by atoms with van der Waals surface area (Å²) in [5, 5.41) is 3.30. The van der Waals surface area contributed by atoms with Crippen LogP contribution >= 0.6 is 0 Å². The molecular formula is C15H24N2O2S. The highest BCUT2D eigenvalue weighted by molar-refractivity contribution is 7.89. The predicted molar refractivity (Wildman–Crippen MR) is 81.3 cm³/mol. The first-order chi connectivity index (χ1) is 9.49. The van der Waals surface area contributed by atoms with Crippen LogP contribution in [0.25, 0.3) is 0 Å². The van der Waals surface area contributed by atoms with Gasteiger partial charge in [-0.05, 0) is 55.5 Å². The molecule has 0 amide bonds. The van der Waals surface area contributed by atoms with Crippen LogP contribution in [0.4, 0.5) is 0 Å². The first-order valence-electron chi connectivity index (χ1n) is 7.29. The van der Waals surface area contributed by atoms with Gasteiger partial charge in [0, 0.05) is 6.54 Å². The maximum Gasteiger partial charge on any atom is 0.240 e. The van der Waals surface area contributed by atoms with Crippen molar-refractivity contribution in [2.75, 3.05) is 19.6 Å². The zero-order valence-corrected chi connectivity index (χ0v) is 13.0. The summed E-state index contributed by atoms with van der Waals surface area (Å²) < 4.78 is 27.4. The van der Waals surface area contributed by atoms with Gasteiger partial charge >= 0.3 is 0 Å². The van der Waals surface area contributed by atoms with Gasteiger partial charge in [0.15, 0.2) is 0 Å². The lowest BCUT2D eigenvalue weighted by Gasteiger charge is -2.22. The normalized spacial score (nSPS) is 20.2. The Hall–Kier alpha value is -0.910. The summed E-state index contributed by atoms with van der Waals surface area (Å²) in [4.78, 5) is 0.368. The van der Waals surface area contributed by atoms with Crippen molar-refractivity contribution in [3.8, 4) is 0 Å². The third kappa shape index (κ3) is 4.04. The summed E-state index contributed by atoms with van der Waals surface area (Å²) in [6.07, 6.45) is 2.21. The largest absolute Gasteiger partial charge is 0.316 e. The molecule has 1 aliphatic heterocycles. The average Bonchev–Trinajstić information content (AvgIpc) is 2.46. The average molecular weight is 296 g/mol. The van der Waals surface area contributed by atoms with E-state index in [-0.39, 0.29) is 0 Å². The second-order valence-corrected chi connectivity index (χ2v) is 7.56. The van der Waals surface area contributed by atoms with Gasteiger partial charge in [0.05, 0.1) is 4.90 Å². The van der Waals surface area contributed by atoms with E-state index in [4.69, 9.17) is 0 Å². The lowest BCUT2D eigenvalue weighted by molar-refractivity contribution is 0.376. The Kier molecular flexibility index (Phi) is 5.18. The van der Waals surface area contributed by atoms with E-state index >= 15 is 0 Å².